The van der Waals surface area contributed by atoms with Crippen LogP contribution in [0.2, 0.25) is 0 Å². The highest BCUT2D eigenvalue weighted by Crippen LogP contribution is 2.37. The van der Waals surface area contributed by atoms with Crippen LogP contribution in [0.15, 0.2) is 0 Å². The molecule has 1 aromatic heterocycles. The molecule has 6 nitrogen and oxygen atoms in total. The molecule has 1 rings (SSSR count). The van der Waals surface area contributed by atoms with Gasteiger partial charge >= 0.3 is 5.97 Å². The van der Waals surface area contributed by atoms with Gasteiger partial charge in [-0.15, -0.1) is 11.3 Å². The van der Waals surface area contributed by atoms with Gasteiger partial charge in [-0.1, -0.05) is 13.8 Å². The minimum Gasteiger partial charge on any atom is -0.462 e. The van der Waals surface area contributed by atoms with Gasteiger partial charge in [0.25, 0.3) is 5.91 Å². The second kappa shape index (κ2) is 7.31. The highest BCUT2D eigenvalue weighted by Gasteiger charge is 2.27. The number of nitrogens with two attached hydrogens (primary N) is 1. The normalized spacial score (nSPS) is 10.6. The number of carbonyl (C=O) groups excluding carboxylic acids is 2. The van der Waals surface area contributed by atoms with Gasteiger partial charge < -0.3 is 20.7 Å². The Morgan fingerprint density at radius 3 is 2.48 bits per heavy atom. The van der Waals surface area contributed by atoms with Crippen LogP contribution in [0.1, 0.15) is 40.8 Å². The molecule has 0 aromatic carbocycles. The molecule has 0 spiro atoms. The van der Waals surface area contributed by atoms with Crippen molar-refractivity contribution in [2.75, 3.05) is 38.3 Å². The van der Waals surface area contributed by atoms with E-state index in [0.29, 0.717) is 22.3 Å². The zero-order chi connectivity index (χ0) is 16.2. The van der Waals surface area contributed by atoms with E-state index in [1.807, 2.05) is 0 Å². The van der Waals surface area contributed by atoms with Crippen LogP contribution in [-0.4, -0.2) is 44.0 Å². The number of rotatable bonds is 6. The van der Waals surface area contributed by atoms with Gasteiger partial charge in [-0.3, -0.25) is 4.79 Å². The van der Waals surface area contributed by atoms with Crippen molar-refractivity contribution in [1.29, 1.82) is 0 Å². The molecule has 0 saturated heterocycles. The van der Waals surface area contributed by atoms with Crippen LogP contribution in [0.5, 0.6) is 0 Å². The van der Waals surface area contributed by atoms with Crippen LogP contribution in [0.3, 0.4) is 0 Å². The van der Waals surface area contributed by atoms with Crippen molar-refractivity contribution in [3.05, 3.63) is 10.4 Å². The Morgan fingerprint density at radius 1 is 1.38 bits per heavy atom. The second-order valence-corrected chi connectivity index (χ2v) is 6.26. The number of carbonyl (C=O) groups is 2. The Kier molecular flexibility index (Phi) is 6.02. The van der Waals surface area contributed by atoms with Crippen LogP contribution in [-0.2, 0) is 4.74 Å². The summed E-state index contributed by atoms with van der Waals surface area (Å²) < 4.78 is 5.03. The van der Waals surface area contributed by atoms with E-state index in [2.05, 4.69) is 19.2 Å². The van der Waals surface area contributed by atoms with Gasteiger partial charge in [0.2, 0.25) is 0 Å². The number of esters is 1. The number of hydrogen-bond acceptors (Lipinski definition) is 6. The van der Waals surface area contributed by atoms with Gasteiger partial charge in [0.15, 0.2) is 0 Å². The average molecular weight is 313 g/mol. The van der Waals surface area contributed by atoms with Crippen LogP contribution < -0.4 is 11.1 Å². The van der Waals surface area contributed by atoms with Crippen LogP contribution in [0.25, 0.3) is 0 Å². The Labute approximate surface area is 129 Å². The van der Waals surface area contributed by atoms with E-state index in [0.717, 1.165) is 0 Å². The van der Waals surface area contributed by atoms with Crippen LogP contribution >= 0.6 is 11.3 Å². The largest absolute Gasteiger partial charge is 0.462 e. The van der Waals surface area contributed by atoms with E-state index >= 15 is 0 Å². The maximum absolute atomic E-state index is 12.1. The zero-order valence-corrected chi connectivity index (χ0v) is 14.0. The lowest BCUT2D eigenvalue weighted by molar-refractivity contribution is 0.0529. The van der Waals surface area contributed by atoms with E-state index in [1.165, 1.54) is 16.2 Å². The monoisotopic (exact) mass is 313 g/mol. The summed E-state index contributed by atoms with van der Waals surface area (Å²) in [6, 6.07) is 0. The number of thiophene rings is 1. The number of nitrogens with zero attached hydrogens (tertiary/aromatic N) is 1. The minimum atomic E-state index is -0.504. The summed E-state index contributed by atoms with van der Waals surface area (Å²) >= 11 is 1.19. The number of nitrogen functional groups attached to an aromatic ring is 1. The van der Waals surface area contributed by atoms with Crippen molar-refractivity contribution in [2.45, 2.75) is 20.8 Å². The van der Waals surface area contributed by atoms with Crippen LogP contribution in [0, 0.1) is 5.92 Å². The Hall–Kier alpha value is -1.76. The van der Waals surface area contributed by atoms with Crippen molar-refractivity contribution in [3.8, 4) is 0 Å². The molecule has 118 valence electrons. The molecule has 0 unspecified atom stereocenters. The van der Waals surface area contributed by atoms with Gasteiger partial charge in [0.1, 0.15) is 15.4 Å². The molecule has 3 N–H and O–H groups in total. The quantitative estimate of drug-likeness (QED) is 0.787. The molecule has 7 heteroatoms. The fourth-order valence-corrected chi connectivity index (χ4v) is 2.77. The SMILES string of the molecule is CCOC(=O)c1c(NCC(C)C)sc(C(=O)N(C)C)c1N. The summed E-state index contributed by atoms with van der Waals surface area (Å²) in [5, 5.41) is 3.76. The van der Waals surface area contributed by atoms with E-state index in [-0.39, 0.29) is 23.8 Å². The Morgan fingerprint density at radius 2 is 2.00 bits per heavy atom. The topological polar surface area (TPSA) is 84.7 Å². The lowest BCUT2D eigenvalue weighted by atomic mass is 10.2. The first-order valence-corrected chi connectivity index (χ1v) is 7.66. The number of anilines is 2. The first kappa shape index (κ1) is 17.3. The predicted molar refractivity (Wildman–Crippen MR) is 86.0 cm³/mol. The van der Waals surface area contributed by atoms with Crippen molar-refractivity contribution in [3.63, 3.8) is 0 Å². The van der Waals surface area contributed by atoms with Gasteiger partial charge in [0, 0.05) is 20.6 Å². The molecule has 0 atom stereocenters. The molecule has 0 bridgehead atoms. The highest BCUT2D eigenvalue weighted by molar-refractivity contribution is 7.19. The second-order valence-electron chi connectivity index (χ2n) is 5.24. The molecule has 0 saturated carbocycles. The molecule has 0 fully saturated rings. The summed E-state index contributed by atoms with van der Waals surface area (Å²) in [4.78, 5) is 26.0. The van der Waals surface area contributed by atoms with E-state index in [4.69, 9.17) is 10.5 Å². The third-order valence-electron chi connectivity index (χ3n) is 2.70. The molecule has 0 aliphatic carbocycles. The average Bonchev–Trinajstić information content (AvgIpc) is 2.72. The molecule has 1 aromatic rings. The summed E-state index contributed by atoms with van der Waals surface area (Å²) in [5.41, 5.74) is 6.44. The Bertz CT molecular complexity index is 524. The van der Waals surface area contributed by atoms with Crippen molar-refractivity contribution in [2.24, 2.45) is 5.92 Å². The van der Waals surface area contributed by atoms with E-state index in [1.54, 1.807) is 21.0 Å². The van der Waals surface area contributed by atoms with Gasteiger partial charge in [-0.25, -0.2) is 4.79 Å². The predicted octanol–water partition coefficient (Wildman–Crippen LogP) is 2.28. The highest BCUT2D eigenvalue weighted by atomic mass is 32.1. The van der Waals surface area contributed by atoms with E-state index in [9.17, 15) is 9.59 Å². The van der Waals surface area contributed by atoms with Gasteiger partial charge in [0.05, 0.1) is 12.3 Å². The summed E-state index contributed by atoms with van der Waals surface area (Å²) in [6.45, 7) is 6.78. The zero-order valence-electron chi connectivity index (χ0n) is 13.1. The first-order chi connectivity index (χ1) is 9.79. The number of nitrogens with one attached hydrogen (secondary N) is 1. The lowest BCUT2D eigenvalue weighted by Crippen LogP contribution is -2.21. The number of amides is 1. The van der Waals surface area contributed by atoms with Crippen molar-refractivity contribution in [1.82, 2.24) is 4.90 Å². The van der Waals surface area contributed by atoms with Crippen molar-refractivity contribution < 1.29 is 14.3 Å². The smallest absolute Gasteiger partial charge is 0.343 e. The maximum Gasteiger partial charge on any atom is 0.343 e. The molecule has 1 amide bonds. The van der Waals surface area contributed by atoms with Gasteiger partial charge in [-0.05, 0) is 12.8 Å². The molecule has 0 aliphatic rings. The number of hydrogen-bond donors (Lipinski definition) is 2. The van der Waals surface area contributed by atoms with Gasteiger partial charge in [-0.2, -0.15) is 0 Å². The first-order valence-electron chi connectivity index (χ1n) is 6.84. The lowest BCUT2D eigenvalue weighted by Gasteiger charge is -2.09. The standard InChI is InChI=1S/C14H23N3O3S/c1-6-20-14(19)9-10(15)11(13(18)17(4)5)21-12(9)16-7-8(2)3/h8,16H,6-7,15H2,1-5H3. The molecule has 21 heavy (non-hydrogen) atoms. The third-order valence-corrected chi connectivity index (χ3v) is 3.85. The number of ether oxygens (including phenoxy) is 1. The summed E-state index contributed by atoms with van der Waals surface area (Å²) in [7, 11) is 3.29. The van der Waals surface area contributed by atoms with E-state index < -0.39 is 5.97 Å². The van der Waals surface area contributed by atoms with Crippen LogP contribution in [0.4, 0.5) is 10.7 Å². The minimum absolute atomic E-state index is 0.184. The summed E-state index contributed by atoms with van der Waals surface area (Å²) in [5.74, 6) is -0.327. The molecular formula is C14H23N3O3S. The molecule has 0 aliphatic heterocycles. The fraction of sp³-hybridized carbons (Fsp3) is 0.571. The fourth-order valence-electron chi connectivity index (χ4n) is 1.63. The van der Waals surface area contributed by atoms with Crippen molar-refractivity contribution >= 4 is 33.9 Å². The molecule has 1 heterocycles. The summed E-state index contributed by atoms with van der Waals surface area (Å²) in [6.07, 6.45) is 0. The third kappa shape index (κ3) is 4.10. The Balaban J connectivity index is 3.23. The molecular weight excluding hydrogens is 290 g/mol. The maximum atomic E-state index is 12.1. The molecule has 0 radical (unpaired) electrons.